The number of ether oxygens (including phenoxy) is 1. The van der Waals surface area contributed by atoms with E-state index in [-0.39, 0.29) is 4.90 Å². The van der Waals surface area contributed by atoms with Gasteiger partial charge in [0.05, 0.1) is 18.2 Å². The molecule has 2 aromatic carbocycles. The van der Waals surface area contributed by atoms with Crippen LogP contribution in [0.5, 0.6) is 5.75 Å². The fourth-order valence-corrected chi connectivity index (χ4v) is 2.72. The molecule has 0 fully saturated rings. The van der Waals surface area contributed by atoms with Crippen molar-refractivity contribution in [2.75, 3.05) is 14.2 Å². The maximum atomic E-state index is 12.4. The number of hydrogen-bond donors (Lipinski definition) is 0. The summed E-state index contributed by atoms with van der Waals surface area (Å²) in [6.07, 6.45) is 1.49. The van der Waals surface area contributed by atoms with Crippen LogP contribution in [-0.2, 0) is 10.0 Å². The van der Waals surface area contributed by atoms with Crippen LogP contribution in [0.2, 0.25) is 0 Å². The van der Waals surface area contributed by atoms with Crippen molar-refractivity contribution in [3.63, 3.8) is 0 Å². The molecule has 22 heavy (non-hydrogen) atoms. The molecule has 2 rings (SSSR count). The third-order valence-corrected chi connectivity index (χ3v) is 4.81. The van der Waals surface area contributed by atoms with Crippen LogP contribution in [0, 0.1) is 6.92 Å². The lowest BCUT2D eigenvalue weighted by atomic mass is 10.2. The van der Waals surface area contributed by atoms with Gasteiger partial charge >= 0.3 is 0 Å². The van der Waals surface area contributed by atoms with E-state index in [1.807, 2.05) is 6.92 Å². The summed E-state index contributed by atoms with van der Waals surface area (Å²) in [5, 5.41) is 4.00. The number of nitrogens with zero attached hydrogens (tertiary/aromatic N) is 2. The highest BCUT2D eigenvalue weighted by molar-refractivity contribution is 7.89. The van der Waals surface area contributed by atoms with Crippen molar-refractivity contribution in [1.29, 1.82) is 0 Å². The lowest BCUT2D eigenvalue weighted by molar-refractivity contribution is 0.415. The van der Waals surface area contributed by atoms with E-state index >= 15 is 0 Å². The van der Waals surface area contributed by atoms with E-state index in [0.717, 1.165) is 21.3 Å². The average molecular weight is 318 g/mol. The summed E-state index contributed by atoms with van der Waals surface area (Å²) < 4.78 is 30.7. The molecule has 6 heteroatoms. The second-order valence-corrected chi connectivity index (χ2v) is 6.72. The van der Waals surface area contributed by atoms with E-state index in [2.05, 4.69) is 5.10 Å². The number of rotatable bonds is 5. The third-order valence-electron chi connectivity index (χ3n) is 3.15. The number of benzene rings is 2. The lowest BCUT2D eigenvalue weighted by Gasteiger charge is -2.13. The average Bonchev–Trinajstić information content (AvgIpc) is 2.53. The Morgan fingerprint density at radius 3 is 2.18 bits per heavy atom. The summed E-state index contributed by atoms with van der Waals surface area (Å²) in [6, 6.07) is 13.8. The second-order valence-electron chi connectivity index (χ2n) is 4.77. The van der Waals surface area contributed by atoms with E-state index in [4.69, 9.17) is 4.74 Å². The minimum Gasteiger partial charge on any atom is -0.497 e. The summed E-state index contributed by atoms with van der Waals surface area (Å²) in [5.41, 5.74) is 1.79. The first kappa shape index (κ1) is 16.0. The normalized spacial score (nSPS) is 11.6. The lowest BCUT2D eigenvalue weighted by Crippen LogP contribution is -2.21. The standard InChI is InChI=1S/C16H18N2O3S/c1-13-4-10-16(11-5-13)22(19,20)18(2)17-12-14-6-8-15(21-3)9-7-14/h4-12H,1-3H3/b17-12-. The molecule has 0 heterocycles. The first-order chi connectivity index (χ1) is 10.4. The van der Waals surface area contributed by atoms with Crippen LogP contribution in [0.25, 0.3) is 0 Å². The monoisotopic (exact) mass is 318 g/mol. The second kappa shape index (κ2) is 6.62. The Morgan fingerprint density at radius 1 is 1.05 bits per heavy atom. The molecule has 0 spiro atoms. The van der Waals surface area contributed by atoms with Crippen LogP contribution in [0.1, 0.15) is 11.1 Å². The Balaban J connectivity index is 2.17. The molecule has 5 nitrogen and oxygen atoms in total. The van der Waals surface area contributed by atoms with E-state index in [9.17, 15) is 8.42 Å². The van der Waals surface area contributed by atoms with Gasteiger partial charge in [-0.25, -0.2) is 0 Å². The van der Waals surface area contributed by atoms with Crippen molar-refractivity contribution in [3.05, 3.63) is 59.7 Å². The van der Waals surface area contributed by atoms with Gasteiger partial charge in [0.1, 0.15) is 5.75 Å². The SMILES string of the molecule is COc1ccc(/C=N\N(C)S(=O)(=O)c2ccc(C)cc2)cc1. The van der Waals surface area contributed by atoms with Gasteiger partial charge in [0.25, 0.3) is 10.0 Å². The first-order valence-electron chi connectivity index (χ1n) is 6.67. The van der Waals surface area contributed by atoms with Crippen LogP contribution < -0.4 is 4.74 Å². The van der Waals surface area contributed by atoms with Crippen molar-refractivity contribution in [2.45, 2.75) is 11.8 Å². The molecule has 0 aliphatic carbocycles. The zero-order valence-electron chi connectivity index (χ0n) is 12.7. The number of hydrazone groups is 1. The highest BCUT2D eigenvalue weighted by Gasteiger charge is 2.18. The van der Waals surface area contributed by atoms with Crippen molar-refractivity contribution in [3.8, 4) is 5.75 Å². The molecule has 0 atom stereocenters. The molecule has 0 amide bonds. The van der Waals surface area contributed by atoms with Gasteiger partial charge in [-0.05, 0) is 48.9 Å². The summed E-state index contributed by atoms with van der Waals surface area (Å²) in [5.74, 6) is 0.734. The maximum absolute atomic E-state index is 12.4. The molecule has 0 aliphatic rings. The Labute approximate surface area is 130 Å². The number of aryl methyl sites for hydroxylation is 1. The Morgan fingerprint density at radius 2 is 1.64 bits per heavy atom. The van der Waals surface area contributed by atoms with Gasteiger partial charge in [-0.3, -0.25) is 0 Å². The Hall–Kier alpha value is -2.34. The van der Waals surface area contributed by atoms with Crippen molar-refractivity contribution in [1.82, 2.24) is 4.41 Å². The largest absolute Gasteiger partial charge is 0.497 e. The summed E-state index contributed by atoms with van der Waals surface area (Å²) in [4.78, 5) is 0.215. The molecule has 0 unspecified atom stereocenters. The molecule has 0 saturated heterocycles. The quantitative estimate of drug-likeness (QED) is 0.629. The van der Waals surface area contributed by atoms with Crippen LogP contribution >= 0.6 is 0 Å². The van der Waals surface area contributed by atoms with Gasteiger partial charge in [0.2, 0.25) is 0 Å². The first-order valence-corrected chi connectivity index (χ1v) is 8.11. The number of sulfonamides is 1. The van der Waals surface area contributed by atoms with Crippen molar-refractivity contribution >= 4 is 16.2 Å². The molecule has 0 N–H and O–H groups in total. The van der Waals surface area contributed by atoms with E-state index in [1.165, 1.54) is 13.3 Å². The number of hydrogen-bond acceptors (Lipinski definition) is 4. The van der Waals surface area contributed by atoms with Gasteiger partial charge < -0.3 is 4.74 Å². The molecule has 116 valence electrons. The smallest absolute Gasteiger partial charge is 0.278 e. The number of methoxy groups -OCH3 is 1. The van der Waals surface area contributed by atoms with E-state index in [0.29, 0.717) is 0 Å². The fraction of sp³-hybridized carbons (Fsp3) is 0.188. The summed E-state index contributed by atoms with van der Waals surface area (Å²) >= 11 is 0. The molecule has 2 aromatic rings. The highest BCUT2D eigenvalue weighted by atomic mass is 32.2. The Kier molecular flexibility index (Phi) is 4.82. The molecule has 0 radical (unpaired) electrons. The topological polar surface area (TPSA) is 59.0 Å². The van der Waals surface area contributed by atoms with Gasteiger partial charge in [-0.2, -0.15) is 17.9 Å². The molecular weight excluding hydrogens is 300 g/mol. The van der Waals surface area contributed by atoms with Gasteiger partial charge in [0, 0.05) is 7.05 Å². The Bertz CT molecular complexity index is 751. The minimum absolute atomic E-state index is 0.215. The minimum atomic E-state index is -3.63. The van der Waals surface area contributed by atoms with E-state index in [1.54, 1.807) is 55.6 Å². The molecule has 0 saturated carbocycles. The fourth-order valence-electron chi connectivity index (χ4n) is 1.76. The van der Waals surface area contributed by atoms with Crippen molar-refractivity contribution in [2.24, 2.45) is 5.10 Å². The molecule has 0 aliphatic heterocycles. The molecule has 0 aromatic heterocycles. The van der Waals surface area contributed by atoms with Crippen LogP contribution in [-0.4, -0.2) is 33.2 Å². The predicted molar refractivity (Wildman–Crippen MR) is 86.7 cm³/mol. The zero-order chi connectivity index (χ0) is 16.2. The summed E-state index contributed by atoms with van der Waals surface area (Å²) in [7, 11) is -0.628. The van der Waals surface area contributed by atoms with Gasteiger partial charge in [-0.1, -0.05) is 17.7 Å². The van der Waals surface area contributed by atoms with Crippen LogP contribution in [0.4, 0.5) is 0 Å². The predicted octanol–water partition coefficient (Wildman–Crippen LogP) is 2.66. The molecule has 0 bridgehead atoms. The van der Waals surface area contributed by atoms with Gasteiger partial charge in [-0.15, -0.1) is 0 Å². The van der Waals surface area contributed by atoms with E-state index < -0.39 is 10.0 Å². The summed E-state index contributed by atoms with van der Waals surface area (Å²) in [6.45, 7) is 1.90. The van der Waals surface area contributed by atoms with Crippen LogP contribution in [0.15, 0.2) is 58.5 Å². The third kappa shape index (κ3) is 3.65. The van der Waals surface area contributed by atoms with Gasteiger partial charge in [0.15, 0.2) is 0 Å². The molecular formula is C16H18N2O3S. The van der Waals surface area contributed by atoms with Crippen molar-refractivity contribution < 1.29 is 13.2 Å². The maximum Gasteiger partial charge on any atom is 0.278 e. The highest BCUT2D eigenvalue weighted by Crippen LogP contribution is 2.15. The zero-order valence-corrected chi connectivity index (χ0v) is 13.5. The van der Waals surface area contributed by atoms with Crippen LogP contribution in [0.3, 0.4) is 0 Å².